The van der Waals surface area contributed by atoms with E-state index in [0.717, 1.165) is 29.6 Å². The van der Waals surface area contributed by atoms with Gasteiger partial charge in [-0.3, -0.25) is 10.2 Å². The molecule has 9 nitrogen and oxygen atoms in total. The normalized spacial score (nSPS) is 18.7. The summed E-state index contributed by atoms with van der Waals surface area (Å²) in [6.45, 7) is 4.18. The van der Waals surface area contributed by atoms with E-state index in [0.29, 0.717) is 23.7 Å². The molecular formula is C21H28N8O. The molecule has 30 heavy (non-hydrogen) atoms. The molecule has 158 valence electrons. The van der Waals surface area contributed by atoms with Crippen LogP contribution in [0.2, 0.25) is 0 Å². The fourth-order valence-corrected chi connectivity index (χ4v) is 3.53. The van der Waals surface area contributed by atoms with Gasteiger partial charge in [0.05, 0.1) is 11.9 Å². The van der Waals surface area contributed by atoms with Crippen molar-refractivity contribution in [3.63, 3.8) is 0 Å². The maximum atomic E-state index is 11.9. The minimum Gasteiger partial charge on any atom is -0.365 e. The number of amides is 1. The van der Waals surface area contributed by atoms with Gasteiger partial charge in [-0.1, -0.05) is 25.8 Å². The summed E-state index contributed by atoms with van der Waals surface area (Å²) in [4.78, 5) is 20.8. The molecule has 1 heterocycles. The monoisotopic (exact) mass is 408 g/mol. The van der Waals surface area contributed by atoms with Gasteiger partial charge < -0.3 is 21.8 Å². The van der Waals surface area contributed by atoms with Crippen molar-refractivity contribution >= 4 is 41.5 Å². The summed E-state index contributed by atoms with van der Waals surface area (Å²) in [6.07, 6.45) is 8.58. The molecule has 0 aliphatic heterocycles. The number of benzene rings is 1. The summed E-state index contributed by atoms with van der Waals surface area (Å²) in [5.41, 5.74) is 11.0. The van der Waals surface area contributed by atoms with Crippen LogP contribution in [0.3, 0.4) is 0 Å². The molecule has 0 bridgehead atoms. The number of hydrogen-bond donors (Lipinski definition) is 5. The summed E-state index contributed by atoms with van der Waals surface area (Å²) in [5.74, 6) is 0.772. The third-order valence-corrected chi connectivity index (χ3v) is 5.31. The Morgan fingerprint density at radius 3 is 2.87 bits per heavy atom. The minimum atomic E-state index is -0.599. The molecule has 1 aromatic carbocycles. The topological polar surface area (TPSA) is 141 Å². The van der Waals surface area contributed by atoms with Crippen molar-refractivity contribution in [3.8, 4) is 0 Å². The number of carbonyl (C=O) groups excluding carboxylic acids is 1. The molecule has 0 spiro atoms. The van der Waals surface area contributed by atoms with Crippen LogP contribution in [0.5, 0.6) is 0 Å². The second-order valence-corrected chi connectivity index (χ2v) is 7.54. The first-order chi connectivity index (χ1) is 14.5. The molecule has 6 N–H and O–H groups in total. The fraction of sp³-hybridized carbons (Fsp3) is 0.381. The predicted molar refractivity (Wildman–Crippen MR) is 121 cm³/mol. The highest BCUT2D eigenvalue weighted by Gasteiger charge is 2.22. The van der Waals surface area contributed by atoms with Gasteiger partial charge in [-0.05, 0) is 43.4 Å². The van der Waals surface area contributed by atoms with Crippen molar-refractivity contribution in [2.75, 3.05) is 16.1 Å². The number of hydrazone groups is 1. The lowest BCUT2D eigenvalue weighted by Gasteiger charge is -2.29. The SMILES string of the molecule is Cc1ccc(N/N=C\C=N)cc1Nc1nc(N[C@@H]2CCCC[C@@H]2C)ncc1C(N)=O. The Hall–Kier alpha value is -3.49. The molecule has 1 aromatic heterocycles. The first kappa shape index (κ1) is 21.2. The van der Waals surface area contributed by atoms with Gasteiger partial charge in [0.15, 0.2) is 0 Å². The van der Waals surface area contributed by atoms with Crippen LogP contribution >= 0.6 is 0 Å². The first-order valence-electron chi connectivity index (χ1n) is 10.1. The highest BCUT2D eigenvalue weighted by atomic mass is 16.1. The molecule has 1 aliphatic carbocycles. The summed E-state index contributed by atoms with van der Waals surface area (Å²) in [5, 5.41) is 17.5. The quantitative estimate of drug-likeness (QED) is 0.333. The van der Waals surface area contributed by atoms with E-state index in [1.54, 1.807) is 0 Å². The number of aromatic nitrogens is 2. The Morgan fingerprint density at radius 2 is 2.13 bits per heavy atom. The van der Waals surface area contributed by atoms with E-state index in [4.69, 9.17) is 11.1 Å². The van der Waals surface area contributed by atoms with Crippen molar-refractivity contribution < 1.29 is 4.79 Å². The third kappa shape index (κ3) is 5.31. The summed E-state index contributed by atoms with van der Waals surface area (Å²) < 4.78 is 0. The van der Waals surface area contributed by atoms with Gasteiger partial charge in [0.2, 0.25) is 5.95 Å². The lowest BCUT2D eigenvalue weighted by molar-refractivity contribution is 0.100. The van der Waals surface area contributed by atoms with Gasteiger partial charge in [-0.15, -0.1) is 0 Å². The van der Waals surface area contributed by atoms with Crippen molar-refractivity contribution in [2.24, 2.45) is 16.8 Å². The van der Waals surface area contributed by atoms with Gasteiger partial charge in [0.1, 0.15) is 11.4 Å². The summed E-state index contributed by atoms with van der Waals surface area (Å²) in [6, 6.07) is 5.94. The number of nitrogens with zero attached hydrogens (tertiary/aromatic N) is 3. The Morgan fingerprint density at radius 1 is 1.33 bits per heavy atom. The lowest BCUT2D eigenvalue weighted by Crippen LogP contribution is -2.31. The average Bonchev–Trinajstić information content (AvgIpc) is 2.72. The zero-order valence-corrected chi connectivity index (χ0v) is 17.3. The van der Waals surface area contributed by atoms with Crippen molar-refractivity contribution in [2.45, 2.75) is 45.6 Å². The molecule has 2 aromatic rings. The predicted octanol–water partition coefficient (Wildman–Crippen LogP) is 3.67. The molecule has 1 aliphatic rings. The standard InChI is InChI=1S/C21H28N8O/c1-13-5-3-4-6-17(13)27-21-24-12-16(19(23)30)20(28-21)26-18-11-15(8-7-14(18)2)29-25-10-9-22/h7-13,17,22,29H,3-6H2,1-2H3,(H2,23,30)(H2,24,26,27,28)/b22-9?,25-10-/t13-,17+/m0/s1. The zero-order chi connectivity index (χ0) is 21.5. The largest absolute Gasteiger partial charge is 0.365 e. The van der Waals surface area contributed by atoms with Crippen molar-refractivity contribution in [3.05, 3.63) is 35.5 Å². The Balaban J connectivity index is 1.86. The molecule has 2 atom stereocenters. The second-order valence-electron chi connectivity index (χ2n) is 7.54. The Kier molecular flexibility index (Phi) is 6.95. The van der Waals surface area contributed by atoms with Crippen LogP contribution < -0.4 is 21.8 Å². The highest BCUT2D eigenvalue weighted by Crippen LogP contribution is 2.28. The van der Waals surface area contributed by atoms with E-state index in [2.05, 4.69) is 38.1 Å². The van der Waals surface area contributed by atoms with Crippen LogP contribution in [0.15, 0.2) is 29.5 Å². The average molecular weight is 409 g/mol. The van der Waals surface area contributed by atoms with Crippen molar-refractivity contribution in [1.29, 1.82) is 5.41 Å². The number of nitrogens with one attached hydrogen (secondary N) is 4. The van der Waals surface area contributed by atoms with Gasteiger partial charge in [-0.2, -0.15) is 10.1 Å². The zero-order valence-electron chi connectivity index (χ0n) is 17.3. The van der Waals surface area contributed by atoms with E-state index in [1.165, 1.54) is 31.7 Å². The number of rotatable bonds is 8. The maximum Gasteiger partial charge on any atom is 0.254 e. The van der Waals surface area contributed by atoms with Crippen LogP contribution in [-0.2, 0) is 0 Å². The number of primary amides is 1. The van der Waals surface area contributed by atoms with Gasteiger partial charge >= 0.3 is 0 Å². The smallest absolute Gasteiger partial charge is 0.254 e. The molecule has 0 radical (unpaired) electrons. The molecular weight excluding hydrogens is 380 g/mol. The molecule has 0 unspecified atom stereocenters. The van der Waals surface area contributed by atoms with Gasteiger partial charge in [0.25, 0.3) is 5.91 Å². The number of hydrogen-bond acceptors (Lipinski definition) is 8. The molecule has 0 saturated heterocycles. The molecule has 1 saturated carbocycles. The molecule has 9 heteroatoms. The number of anilines is 4. The highest BCUT2D eigenvalue weighted by molar-refractivity contribution is 6.14. The van der Waals surface area contributed by atoms with E-state index in [-0.39, 0.29) is 5.56 Å². The number of nitrogens with two attached hydrogens (primary N) is 1. The van der Waals surface area contributed by atoms with E-state index >= 15 is 0 Å². The van der Waals surface area contributed by atoms with Crippen LogP contribution in [0.1, 0.15) is 48.5 Å². The van der Waals surface area contributed by atoms with E-state index in [1.807, 2.05) is 25.1 Å². The minimum absolute atomic E-state index is 0.219. The maximum absolute atomic E-state index is 11.9. The Labute approximate surface area is 176 Å². The summed E-state index contributed by atoms with van der Waals surface area (Å²) in [7, 11) is 0. The summed E-state index contributed by atoms with van der Waals surface area (Å²) >= 11 is 0. The van der Waals surface area contributed by atoms with Crippen LogP contribution in [0, 0.1) is 18.3 Å². The fourth-order valence-electron chi connectivity index (χ4n) is 3.53. The van der Waals surface area contributed by atoms with Crippen LogP contribution in [-0.4, -0.2) is 34.3 Å². The van der Waals surface area contributed by atoms with E-state index < -0.39 is 5.91 Å². The third-order valence-electron chi connectivity index (χ3n) is 5.31. The van der Waals surface area contributed by atoms with Crippen LogP contribution in [0.4, 0.5) is 23.1 Å². The molecule has 1 amide bonds. The second kappa shape index (κ2) is 9.82. The lowest BCUT2D eigenvalue weighted by atomic mass is 9.86. The molecule has 3 rings (SSSR count). The number of aryl methyl sites for hydroxylation is 1. The number of carbonyl (C=O) groups is 1. The van der Waals surface area contributed by atoms with Gasteiger partial charge in [0, 0.05) is 24.1 Å². The van der Waals surface area contributed by atoms with Crippen molar-refractivity contribution in [1.82, 2.24) is 9.97 Å². The van der Waals surface area contributed by atoms with Crippen LogP contribution in [0.25, 0.3) is 0 Å². The first-order valence-corrected chi connectivity index (χ1v) is 10.1. The van der Waals surface area contributed by atoms with Gasteiger partial charge in [-0.25, -0.2) is 4.98 Å². The van der Waals surface area contributed by atoms with E-state index in [9.17, 15) is 4.79 Å². The Bertz CT molecular complexity index is 943. The molecule has 1 fully saturated rings.